The second-order valence-corrected chi connectivity index (χ2v) is 6.08. The predicted octanol–water partition coefficient (Wildman–Crippen LogP) is 2.76. The molecule has 2 fully saturated rings. The minimum Gasteiger partial charge on any atom is -0.496 e. The molecule has 0 atom stereocenters. The molecule has 110 valence electrons. The highest BCUT2D eigenvalue weighted by atomic mass is 16.5. The maximum absolute atomic E-state index is 5.58. The van der Waals surface area contributed by atoms with Crippen molar-refractivity contribution in [3.8, 4) is 5.75 Å². The van der Waals surface area contributed by atoms with Crippen LogP contribution in [-0.4, -0.2) is 38.2 Å². The number of hydrogen-bond acceptors (Lipinski definition) is 3. The normalized spacial score (nSPS) is 21.2. The number of hydrogen-bond donors (Lipinski definition) is 1. The van der Waals surface area contributed by atoms with Crippen LogP contribution in [0.5, 0.6) is 5.75 Å². The minimum absolute atomic E-state index is 0.716. The monoisotopic (exact) mass is 274 g/mol. The molecule has 0 aromatic heterocycles. The summed E-state index contributed by atoms with van der Waals surface area (Å²) >= 11 is 0. The molecule has 1 aromatic rings. The Morgan fingerprint density at radius 3 is 2.65 bits per heavy atom. The van der Waals surface area contributed by atoms with Gasteiger partial charge in [0.1, 0.15) is 5.75 Å². The molecule has 1 saturated heterocycles. The van der Waals surface area contributed by atoms with Crippen molar-refractivity contribution in [3.05, 3.63) is 29.3 Å². The van der Waals surface area contributed by atoms with Crippen molar-refractivity contribution in [3.63, 3.8) is 0 Å². The Balaban J connectivity index is 1.75. The topological polar surface area (TPSA) is 24.5 Å². The third-order valence-corrected chi connectivity index (χ3v) is 4.70. The summed E-state index contributed by atoms with van der Waals surface area (Å²) in [6.07, 6.45) is 5.40. The Morgan fingerprint density at radius 1 is 1.20 bits per heavy atom. The molecule has 1 aliphatic carbocycles. The molecule has 3 rings (SSSR count). The summed E-state index contributed by atoms with van der Waals surface area (Å²) in [4.78, 5) is 2.54. The van der Waals surface area contributed by atoms with Gasteiger partial charge in [-0.2, -0.15) is 0 Å². The molecule has 0 radical (unpaired) electrons. The molecule has 0 spiro atoms. The van der Waals surface area contributed by atoms with E-state index in [1.165, 1.54) is 36.8 Å². The van der Waals surface area contributed by atoms with E-state index < -0.39 is 0 Å². The minimum atomic E-state index is 0.716. The fraction of sp³-hybridized carbons (Fsp3) is 0.647. The SMILES string of the molecule is COc1ccc(CN2CCNCC2)cc1C1CCCC1. The summed E-state index contributed by atoms with van der Waals surface area (Å²) in [5.74, 6) is 1.80. The number of ether oxygens (including phenoxy) is 1. The van der Waals surface area contributed by atoms with Crippen LogP contribution < -0.4 is 10.1 Å². The van der Waals surface area contributed by atoms with Gasteiger partial charge in [0, 0.05) is 32.7 Å². The van der Waals surface area contributed by atoms with E-state index in [-0.39, 0.29) is 0 Å². The maximum Gasteiger partial charge on any atom is 0.122 e. The zero-order valence-electron chi connectivity index (χ0n) is 12.5. The van der Waals surface area contributed by atoms with Crippen LogP contribution in [-0.2, 0) is 6.54 Å². The first-order valence-electron chi connectivity index (χ1n) is 7.96. The average Bonchev–Trinajstić information content (AvgIpc) is 3.02. The number of benzene rings is 1. The molecular formula is C17H26N2O. The summed E-state index contributed by atoms with van der Waals surface area (Å²) < 4.78 is 5.58. The van der Waals surface area contributed by atoms with Crippen molar-refractivity contribution >= 4 is 0 Å². The van der Waals surface area contributed by atoms with Gasteiger partial charge >= 0.3 is 0 Å². The van der Waals surface area contributed by atoms with E-state index in [1.54, 1.807) is 7.11 Å². The maximum atomic E-state index is 5.58. The number of piperazine rings is 1. The van der Waals surface area contributed by atoms with Gasteiger partial charge in [0.25, 0.3) is 0 Å². The molecule has 20 heavy (non-hydrogen) atoms. The van der Waals surface area contributed by atoms with Crippen molar-refractivity contribution in [2.24, 2.45) is 0 Å². The van der Waals surface area contributed by atoms with Crippen LogP contribution in [0.3, 0.4) is 0 Å². The van der Waals surface area contributed by atoms with Gasteiger partial charge < -0.3 is 10.1 Å². The van der Waals surface area contributed by atoms with E-state index in [0.29, 0.717) is 5.92 Å². The van der Waals surface area contributed by atoms with E-state index >= 15 is 0 Å². The molecule has 1 aliphatic heterocycles. The molecule has 2 aliphatic rings. The van der Waals surface area contributed by atoms with Gasteiger partial charge in [0.15, 0.2) is 0 Å². The molecule has 1 heterocycles. The van der Waals surface area contributed by atoms with E-state index in [2.05, 4.69) is 28.4 Å². The molecule has 0 unspecified atom stereocenters. The van der Waals surface area contributed by atoms with Gasteiger partial charge in [-0.25, -0.2) is 0 Å². The Morgan fingerprint density at radius 2 is 1.95 bits per heavy atom. The lowest BCUT2D eigenvalue weighted by Crippen LogP contribution is -2.42. The van der Waals surface area contributed by atoms with Gasteiger partial charge in [0.2, 0.25) is 0 Å². The fourth-order valence-corrected chi connectivity index (χ4v) is 3.57. The predicted molar refractivity (Wildman–Crippen MR) is 82.3 cm³/mol. The molecule has 1 saturated carbocycles. The zero-order chi connectivity index (χ0) is 13.8. The van der Waals surface area contributed by atoms with Crippen molar-refractivity contribution in [2.45, 2.75) is 38.1 Å². The summed E-state index contributed by atoms with van der Waals surface area (Å²) in [5, 5.41) is 3.41. The van der Waals surface area contributed by atoms with Crippen molar-refractivity contribution < 1.29 is 4.74 Å². The standard InChI is InChI=1S/C17H26N2O/c1-20-17-7-6-14(13-19-10-8-18-9-11-19)12-16(17)15-4-2-3-5-15/h6-7,12,15,18H,2-5,8-11,13H2,1H3. The Kier molecular flexibility index (Phi) is 4.58. The van der Waals surface area contributed by atoms with Gasteiger partial charge in [-0.15, -0.1) is 0 Å². The number of rotatable bonds is 4. The molecule has 1 aromatic carbocycles. The number of nitrogens with one attached hydrogen (secondary N) is 1. The van der Waals surface area contributed by atoms with E-state index in [1.807, 2.05) is 0 Å². The molecular weight excluding hydrogens is 248 g/mol. The first-order chi connectivity index (χ1) is 9.86. The van der Waals surface area contributed by atoms with E-state index in [4.69, 9.17) is 4.74 Å². The second-order valence-electron chi connectivity index (χ2n) is 6.08. The van der Waals surface area contributed by atoms with Crippen LogP contribution in [0.15, 0.2) is 18.2 Å². The highest BCUT2D eigenvalue weighted by molar-refractivity contribution is 5.40. The van der Waals surface area contributed by atoms with Crippen LogP contribution in [0.25, 0.3) is 0 Å². The molecule has 1 N–H and O–H groups in total. The lowest BCUT2D eigenvalue weighted by Gasteiger charge is -2.27. The Hall–Kier alpha value is -1.06. The highest BCUT2D eigenvalue weighted by Gasteiger charge is 2.21. The quantitative estimate of drug-likeness (QED) is 0.913. The second kappa shape index (κ2) is 6.59. The first kappa shape index (κ1) is 13.9. The van der Waals surface area contributed by atoms with Crippen molar-refractivity contribution in [1.82, 2.24) is 10.2 Å². The molecule has 3 heteroatoms. The molecule has 3 nitrogen and oxygen atoms in total. The highest BCUT2D eigenvalue weighted by Crippen LogP contribution is 2.39. The van der Waals surface area contributed by atoms with Crippen LogP contribution in [0.4, 0.5) is 0 Å². The van der Waals surface area contributed by atoms with Crippen LogP contribution in [0, 0.1) is 0 Å². The van der Waals surface area contributed by atoms with Crippen LogP contribution >= 0.6 is 0 Å². The van der Waals surface area contributed by atoms with E-state index in [9.17, 15) is 0 Å². The largest absolute Gasteiger partial charge is 0.496 e. The van der Waals surface area contributed by atoms with Crippen LogP contribution in [0.1, 0.15) is 42.7 Å². The average molecular weight is 274 g/mol. The molecule has 0 bridgehead atoms. The van der Waals surface area contributed by atoms with Crippen molar-refractivity contribution in [2.75, 3.05) is 33.3 Å². The summed E-state index contributed by atoms with van der Waals surface area (Å²) in [5.41, 5.74) is 2.88. The van der Waals surface area contributed by atoms with Gasteiger partial charge in [0.05, 0.1) is 7.11 Å². The third-order valence-electron chi connectivity index (χ3n) is 4.70. The number of nitrogens with zero attached hydrogens (tertiary/aromatic N) is 1. The molecule has 0 amide bonds. The number of methoxy groups -OCH3 is 1. The summed E-state index contributed by atoms with van der Waals surface area (Å²) in [7, 11) is 1.80. The van der Waals surface area contributed by atoms with Gasteiger partial charge in [-0.1, -0.05) is 25.0 Å². The Labute approximate surface area is 122 Å². The van der Waals surface area contributed by atoms with Gasteiger partial charge in [-0.3, -0.25) is 4.90 Å². The fourth-order valence-electron chi connectivity index (χ4n) is 3.57. The summed E-state index contributed by atoms with van der Waals surface area (Å²) in [6, 6.07) is 6.81. The summed E-state index contributed by atoms with van der Waals surface area (Å²) in [6.45, 7) is 5.62. The zero-order valence-corrected chi connectivity index (χ0v) is 12.5. The van der Waals surface area contributed by atoms with Crippen molar-refractivity contribution in [1.29, 1.82) is 0 Å². The van der Waals surface area contributed by atoms with E-state index in [0.717, 1.165) is 38.5 Å². The third kappa shape index (κ3) is 3.15. The lowest BCUT2D eigenvalue weighted by atomic mass is 9.94. The first-order valence-corrected chi connectivity index (χ1v) is 7.96. The van der Waals surface area contributed by atoms with Gasteiger partial charge in [-0.05, 0) is 36.0 Å². The lowest BCUT2D eigenvalue weighted by molar-refractivity contribution is 0.233. The Bertz CT molecular complexity index is 435. The smallest absolute Gasteiger partial charge is 0.122 e. The van der Waals surface area contributed by atoms with Crippen LogP contribution in [0.2, 0.25) is 0 Å².